The number of aromatic hydroxyl groups is 10. The third-order valence-corrected chi connectivity index (χ3v) is 4.49. The quantitative estimate of drug-likeness (QED) is 0.157. The zero-order valence-corrected chi connectivity index (χ0v) is 13.0. The van der Waals surface area contributed by atoms with Crippen LogP contribution in [0.25, 0.3) is 32.6 Å². The number of fused-ring (bicyclic) bond motifs is 5. The molecule has 11 nitrogen and oxygen atoms in total. The molecule has 11 N–H and O–H groups in total. The first-order valence-corrected chi connectivity index (χ1v) is 7.24. The highest BCUT2D eigenvalue weighted by atomic mass is 16.4. The molecule has 0 aliphatic carbocycles. The monoisotopic (exact) mass is 377 g/mol. The number of phenolic OH excluding ortho intramolecular Hbond substituents is 10. The molecule has 1 heterocycles. The molecule has 0 aliphatic heterocycles. The number of hydrogen-bond acceptors (Lipinski definition) is 10. The molecule has 1 aromatic heterocycles. The molecule has 0 unspecified atom stereocenters. The Morgan fingerprint density at radius 2 is 0.630 bits per heavy atom. The molecule has 27 heavy (non-hydrogen) atoms. The van der Waals surface area contributed by atoms with Crippen LogP contribution >= 0.6 is 0 Å². The summed E-state index contributed by atoms with van der Waals surface area (Å²) in [6.07, 6.45) is 0. The van der Waals surface area contributed by atoms with E-state index in [0.717, 1.165) is 0 Å². The van der Waals surface area contributed by atoms with Gasteiger partial charge in [-0.25, -0.2) is 0 Å². The van der Waals surface area contributed by atoms with E-state index in [1.807, 2.05) is 0 Å². The lowest BCUT2D eigenvalue weighted by Crippen LogP contribution is -1.84. The first-order valence-electron chi connectivity index (χ1n) is 7.24. The first kappa shape index (κ1) is 16.2. The van der Waals surface area contributed by atoms with Gasteiger partial charge in [0.25, 0.3) is 0 Å². The van der Waals surface area contributed by atoms with Gasteiger partial charge in [-0.05, 0) is 0 Å². The van der Waals surface area contributed by atoms with Crippen LogP contribution in [-0.2, 0) is 0 Å². The van der Waals surface area contributed by atoms with Gasteiger partial charge in [0.2, 0.25) is 23.0 Å². The molecule has 0 fully saturated rings. The number of aromatic amines is 1. The summed E-state index contributed by atoms with van der Waals surface area (Å²) in [6, 6.07) is 0. The fraction of sp³-hybridized carbons (Fsp3) is 0. The highest BCUT2D eigenvalue weighted by Gasteiger charge is 2.30. The van der Waals surface area contributed by atoms with E-state index >= 15 is 0 Å². The summed E-state index contributed by atoms with van der Waals surface area (Å²) >= 11 is 0. The summed E-state index contributed by atoms with van der Waals surface area (Å²) in [5.41, 5.74) is -0.781. The van der Waals surface area contributed by atoms with Gasteiger partial charge < -0.3 is 56.0 Å². The van der Waals surface area contributed by atoms with Gasteiger partial charge in [-0.2, -0.15) is 0 Å². The molecule has 0 bridgehead atoms. The van der Waals surface area contributed by atoms with E-state index in [2.05, 4.69) is 4.98 Å². The van der Waals surface area contributed by atoms with E-state index in [4.69, 9.17) is 0 Å². The lowest BCUT2D eigenvalue weighted by atomic mass is 9.98. The van der Waals surface area contributed by atoms with Gasteiger partial charge >= 0.3 is 0 Å². The second-order valence-corrected chi connectivity index (χ2v) is 5.86. The van der Waals surface area contributed by atoms with Crippen molar-refractivity contribution in [3.8, 4) is 57.5 Å². The minimum atomic E-state index is -1.18. The highest BCUT2D eigenvalue weighted by molar-refractivity contribution is 6.29. The van der Waals surface area contributed by atoms with Crippen LogP contribution in [0.3, 0.4) is 0 Å². The Hall–Kier alpha value is -4.28. The number of nitrogens with one attached hydrogen (secondary N) is 1. The van der Waals surface area contributed by atoms with Crippen molar-refractivity contribution in [3.05, 3.63) is 0 Å². The third kappa shape index (κ3) is 1.64. The zero-order chi connectivity index (χ0) is 19.9. The maximum absolute atomic E-state index is 10.3. The van der Waals surface area contributed by atoms with Gasteiger partial charge in [0.1, 0.15) is 0 Å². The van der Waals surface area contributed by atoms with Crippen molar-refractivity contribution in [1.29, 1.82) is 0 Å². The number of H-pyrrole nitrogens is 1. The fourth-order valence-electron chi connectivity index (χ4n) is 3.21. The van der Waals surface area contributed by atoms with Crippen LogP contribution in [-0.4, -0.2) is 56.0 Å². The van der Waals surface area contributed by atoms with Crippen LogP contribution in [0.2, 0.25) is 0 Å². The molecule has 0 amide bonds. The summed E-state index contributed by atoms with van der Waals surface area (Å²) in [5.74, 6) is -10.5. The second-order valence-electron chi connectivity index (χ2n) is 5.86. The van der Waals surface area contributed by atoms with Crippen molar-refractivity contribution in [1.82, 2.24) is 4.98 Å². The van der Waals surface area contributed by atoms with Gasteiger partial charge in [0.15, 0.2) is 34.5 Å². The summed E-state index contributed by atoms with van der Waals surface area (Å²) in [4.78, 5) is 2.41. The predicted octanol–water partition coefficient (Wildman–Crippen LogP) is 1.53. The molecule has 0 spiro atoms. The molecular formula is C16H11NO10. The lowest BCUT2D eigenvalue weighted by Gasteiger charge is -2.13. The maximum atomic E-state index is 10.3. The van der Waals surface area contributed by atoms with Crippen molar-refractivity contribution in [3.63, 3.8) is 0 Å². The number of hydrogen-bond donors (Lipinski definition) is 11. The van der Waals surface area contributed by atoms with Gasteiger partial charge in [0.05, 0.1) is 21.8 Å². The molecule has 11 heteroatoms. The van der Waals surface area contributed by atoms with E-state index in [0.29, 0.717) is 0 Å². The number of benzene rings is 3. The standard InChI is InChI=1S/C16H11NO10/c18-7-2-1-3-6(12(23)16(27)14(25)8(3)19)17-5(1)11(22)9(20)4(2)10(21)15(26)13(7)24/h17-27H. The van der Waals surface area contributed by atoms with Crippen LogP contribution in [0, 0.1) is 0 Å². The molecule has 0 saturated carbocycles. The van der Waals surface area contributed by atoms with E-state index in [1.54, 1.807) is 0 Å². The molecule has 3 aromatic carbocycles. The highest BCUT2D eigenvalue weighted by Crippen LogP contribution is 2.59. The average molecular weight is 377 g/mol. The molecule has 4 rings (SSSR count). The van der Waals surface area contributed by atoms with Gasteiger partial charge in [0, 0.05) is 10.8 Å². The van der Waals surface area contributed by atoms with Crippen molar-refractivity contribution >= 4 is 32.6 Å². The van der Waals surface area contributed by atoms with Crippen molar-refractivity contribution < 1.29 is 51.1 Å². The van der Waals surface area contributed by atoms with Gasteiger partial charge in [-0.3, -0.25) is 0 Å². The smallest absolute Gasteiger partial charge is 0.206 e. The van der Waals surface area contributed by atoms with Crippen molar-refractivity contribution in [2.24, 2.45) is 0 Å². The molecule has 0 aliphatic rings. The zero-order valence-electron chi connectivity index (χ0n) is 13.0. The van der Waals surface area contributed by atoms with E-state index in [-0.39, 0.29) is 10.9 Å². The SMILES string of the molecule is Oc1c(O)c(O)c2c([nH]c3c(O)c(O)c4c(O)c(O)c(O)c(O)c4c32)c1O. The van der Waals surface area contributed by atoms with Crippen molar-refractivity contribution in [2.45, 2.75) is 0 Å². The number of aromatic nitrogens is 1. The Balaban J connectivity index is 2.51. The van der Waals surface area contributed by atoms with Crippen LogP contribution in [0.5, 0.6) is 57.5 Å². The van der Waals surface area contributed by atoms with Crippen molar-refractivity contribution in [2.75, 3.05) is 0 Å². The Morgan fingerprint density at radius 1 is 0.296 bits per heavy atom. The van der Waals surface area contributed by atoms with E-state index in [9.17, 15) is 51.1 Å². The average Bonchev–Trinajstić information content (AvgIpc) is 3.04. The second kappa shape index (κ2) is 4.66. The van der Waals surface area contributed by atoms with E-state index < -0.39 is 79.2 Å². The van der Waals surface area contributed by atoms with Crippen LogP contribution in [0.1, 0.15) is 0 Å². The summed E-state index contributed by atoms with van der Waals surface area (Å²) in [7, 11) is 0. The predicted molar refractivity (Wildman–Crippen MR) is 90.0 cm³/mol. The maximum Gasteiger partial charge on any atom is 0.206 e. The van der Waals surface area contributed by atoms with Gasteiger partial charge in [-0.1, -0.05) is 0 Å². The van der Waals surface area contributed by atoms with Gasteiger partial charge in [-0.15, -0.1) is 0 Å². The Morgan fingerprint density at radius 3 is 1.19 bits per heavy atom. The molecule has 0 saturated heterocycles. The Labute approximate surface area is 147 Å². The minimum absolute atomic E-state index is 0.346. The number of rotatable bonds is 0. The Bertz CT molecular complexity index is 1320. The molecule has 0 atom stereocenters. The van der Waals surface area contributed by atoms with Crippen LogP contribution in [0.4, 0.5) is 0 Å². The molecule has 140 valence electrons. The summed E-state index contributed by atoms with van der Waals surface area (Å²) in [5, 5.41) is 98.0. The topological polar surface area (TPSA) is 218 Å². The van der Waals surface area contributed by atoms with Crippen LogP contribution < -0.4 is 0 Å². The largest absolute Gasteiger partial charge is 0.504 e. The lowest BCUT2D eigenvalue weighted by molar-refractivity contribution is 0.349. The van der Waals surface area contributed by atoms with E-state index in [1.165, 1.54) is 0 Å². The number of phenols is 10. The molecular weight excluding hydrogens is 366 g/mol. The Kier molecular flexibility index (Phi) is 2.80. The first-order chi connectivity index (χ1) is 12.6. The van der Waals surface area contributed by atoms with Crippen LogP contribution in [0.15, 0.2) is 0 Å². The molecule has 4 aromatic rings. The normalized spacial score (nSPS) is 11.7. The third-order valence-electron chi connectivity index (χ3n) is 4.49. The minimum Gasteiger partial charge on any atom is -0.504 e. The summed E-state index contributed by atoms with van der Waals surface area (Å²) in [6.45, 7) is 0. The molecule has 0 radical (unpaired) electrons. The summed E-state index contributed by atoms with van der Waals surface area (Å²) < 4.78 is 0. The fourth-order valence-corrected chi connectivity index (χ4v) is 3.21.